The van der Waals surface area contributed by atoms with Gasteiger partial charge in [-0.25, -0.2) is 9.82 Å². The molecular formula is C14H14BrFN2. The summed E-state index contributed by atoms with van der Waals surface area (Å²) < 4.78 is 14.7. The van der Waals surface area contributed by atoms with Crippen LogP contribution in [0.5, 0.6) is 0 Å². The third-order valence-electron chi connectivity index (χ3n) is 2.94. The van der Waals surface area contributed by atoms with Crippen LogP contribution in [0.2, 0.25) is 0 Å². The van der Waals surface area contributed by atoms with Crippen molar-refractivity contribution in [3.8, 4) is 0 Å². The van der Waals surface area contributed by atoms with Crippen LogP contribution in [0.1, 0.15) is 22.7 Å². The Balaban J connectivity index is 2.52. The van der Waals surface area contributed by atoms with Crippen LogP contribution < -0.4 is 11.3 Å². The highest BCUT2D eigenvalue weighted by atomic mass is 79.9. The Bertz CT molecular complexity index is 557. The monoisotopic (exact) mass is 308 g/mol. The van der Waals surface area contributed by atoms with Crippen LogP contribution in [0.4, 0.5) is 4.39 Å². The molecule has 2 aromatic carbocycles. The first-order valence-corrected chi connectivity index (χ1v) is 6.39. The van der Waals surface area contributed by atoms with E-state index in [4.69, 9.17) is 5.84 Å². The summed E-state index contributed by atoms with van der Waals surface area (Å²) in [5.74, 6) is 5.32. The molecule has 4 heteroatoms. The summed E-state index contributed by atoms with van der Waals surface area (Å²) in [4.78, 5) is 0. The molecule has 0 aliphatic heterocycles. The molecule has 3 N–H and O–H groups in total. The lowest BCUT2D eigenvalue weighted by molar-refractivity contribution is 0.558. The van der Waals surface area contributed by atoms with Crippen LogP contribution in [-0.4, -0.2) is 0 Å². The lowest BCUT2D eigenvalue weighted by Crippen LogP contribution is -2.30. The number of aryl methyl sites for hydroxylation is 1. The van der Waals surface area contributed by atoms with Gasteiger partial charge in [-0.15, -0.1) is 0 Å². The Morgan fingerprint density at radius 1 is 1.17 bits per heavy atom. The normalized spacial score (nSPS) is 12.4. The fourth-order valence-corrected chi connectivity index (χ4v) is 2.37. The maximum atomic E-state index is 13.9. The van der Waals surface area contributed by atoms with E-state index in [2.05, 4.69) is 21.4 Å². The van der Waals surface area contributed by atoms with Crippen LogP contribution in [0.15, 0.2) is 46.9 Å². The van der Waals surface area contributed by atoms with Crippen molar-refractivity contribution < 1.29 is 4.39 Å². The minimum absolute atomic E-state index is 0.274. The largest absolute Gasteiger partial charge is 0.271 e. The van der Waals surface area contributed by atoms with Crippen molar-refractivity contribution >= 4 is 15.9 Å². The molecule has 18 heavy (non-hydrogen) atoms. The maximum Gasteiger partial charge on any atom is 0.128 e. The number of hydrogen-bond acceptors (Lipinski definition) is 2. The van der Waals surface area contributed by atoms with E-state index in [1.165, 1.54) is 6.07 Å². The van der Waals surface area contributed by atoms with Crippen molar-refractivity contribution in [1.82, 2.24) is 5.43 Å². The van der Waals surface area contributed by atoms with Gasteiger partial charge >= 0.3 is 0 Å². The SMILES string of the molecule is Cc1ccccc1C(NN)c1cc(Br)ccc1F. The van der Waals surface area contributed by atoms with Gasteiger partial charge in [-0.3, -0.25) is 5.84 Å². The van der Waals surface area contributed by atoms with E-state index >= 15 is 0 Å². The molecule has 0 fully saturated rings. The molecule has 0 aliphatic rings. The highest BCUT2D eigenvalue weighted by Crippen LogP contribution is 2.28. The van der Waals surface area contributed by atoms with Gasteiger partial charge in [0.05, 0.1) is 6.04 Å². The van der Waals surface area contributed by atoms with Gasteiger partial charge in [0.15, 0.2) is 0 Å². The summed E-state index contributed by atoms with van der Waals surface area (Å²) in [5, 5.41) is 0. The molecule has 1 atom stereocenters. The number of rotatable bonds is 3. The second kappa shape index (κ2) is 5.61. The van der Waals surface area contributed by atoms with Crippen molar-refractivity contribution in [3.05, 3.63) is 69.4 Å². The fourth-order valence-electron chi connectivity index (χ4n) is 1.99. The van der Waals surface area contributed by atoms with Gasteiger partial charge in [-0.2, -0.15) is 0 Å². The molecule has 2 nitrogen and oxygen atoms in total. The van der Waals surface area contributed by atoms with Gasteiger partial charge in [0.2, 0.25) is 0 Å². The van der Waals surface area contributed by atoms with Crippen molar-refractivity contribution in [3.63, 3.8) is 0 Å². The van der Waals surface area contributed by atoms with E-state index in [1.807, 2.05) is 31.2 Å². The topological polar surface area (TPSA) is 38.0 Å². The molecule has 0 spiro atoms. The molecule has 0 radical (unpaired) electrons. The number of nitrogens with one attached hydrogen (secondary N) is 1. The third kappa shape index (κ3) is 2.61. The highest BCUT2D eigenvalue weighted by molar-refractivity contribution is 9.10. The predicted molar refractivity (Wildman–Crippen MR) is 74.4 cm³/mol. The van der Waals surface area contributed by atoms with E-state index in [9.17, 15) is 4.39 Å². The third-order valence-corrected chi connectivity index (χ3v) is 3.43. The van der Waals surface area contributed by atoms with Crippen LogP contribution >= 0.6 is 15.9 Å². The van der Waals surface area contributed by atoms with Crippen LogP contribution in [0.25, 0.3) is 0 Å². The number of hydrogen-bond donors (Lipinski definition) is 2. The Labute approximate surface area is 114 Å². The molecule has 2 aromatic rings. The van der Waals surface area contributed by atoms with E-state index in [0.717, 1.165) is 15.6 Å². The number of nitrogens with two attached hydrogens (primary N) is 1. The molecule has 0 amide bonds. The average Bonchev–Trinajstić information content (AvgIpc) is 2.36. The molecule has 0 heterocycles. The molecule has 0 bridgehead atoms. The predicted octanol–water partition coefficient (Wildman–Crippen LogP) is 3.45. The first-order valence-electron chi connectivity index (χ1n) is 5.60. The van der Waals surface area contributed by atoms with Gasteiger partial charge in [0.1, 0.15) is 5.82 Å². The summed E-state index contributed by atoms with van der Waals surface area (Å²) in [7, 11) is 0. The van der Waals surface area contributed by atoms with Crippen LogP contribution in [-0.2, 0) is 0 Å². The average molecular weight is 309 g/mol. The second-order valence-corrected chi connectivity index (χ2v) is 5.04. The first-order chi connectivity index (χ1) is 8.63. The number of benzene rings is 2. The highest BCUT2D eigenvalue weighted by Gasteiger charge is 2.18. The van der Waals surface area contributed by atoms with E-state index in [-0.39, 0.29) is 11.9 Å². The smallest absolute Gasteiger partial charge is 0.128 e. The van der Waals surface area contributed by atoms with Crippen molar-refractivity contribution in [2.75, 3.05) is 0 Å². The van der Waals surface area contributed by atoms with Crippen molar-refractivity contribution in [2.45, 2.75) is 13.0 Å². The number of hydrazine groups is 1. The lowest BCUT2D eigenvalue weighted by Gasteiger charge is -2.19. The van der Waals surface area contributed by atoms with Crippen molar-refractivity contribution in [1.29, 1.82) is 0 Å². The summed E-state index contributed by atoms with van der Waals surface area (Å²) >= 11 is 3.35. The zero-order valence-electron chi connectivity index (χ0n) is 9.95. The van der Waals surface area contributed by atoms with Gasteiger partial charge in [0.25, 0.3) is 0 Å². The molecule has 94 valence electrons. The summed E-state index contributed by atoms with van der Waals surface area (Å²) in [6.45, 7) is 1.98. The molecule has 0 saturated heterocycles. The van der Waals surface area contributed by atoms with Gasteiger partial charge in [-0.05, 0) is 36.2 Å². The Kier molecular flexibility index (Phi) is 4.11. The Morgan fingerprint density at radius 2 is 1.89 bits per heavy atom. The molecule has 0 saturated carbocycles. The zero-order valence-corrected chi connectivity index (χ0v) is 11.5. The Hall–Kier alpha value is -1.23. The minimum Gasteiger partial charge on any atom is -0.271 e. The van der Waals surface area contributed by atoms with Crippen LogP contribution in [0.3, 0.4) is 0 Å². The summed E-state index contributed by atoms with van der Waals surface area (Å²) in [6, 6.07) is 12.3. The van der Waals surface area contributed by atoms with E-state index < -0.39 is 0 Å². The molecule has 0 aromatic heterocycles. The summed E-state index contributed by atoms with van der Waals surface area (Å²) in [6.07, 6.45) is 0. The van der Waals surface area contributed by atoms with Gasteiger partial charge < -0.3 is 0 Å². The van der Waals surface area contributed by atoms with Gasteiger partial charge in [-0.1, -0.05) is 40.2 Å². The quantitative estimate of drug-likeness (QED) is 0.673. The second-order valence-electron chi connectivity index (χ2n) is 4.12. The zero-order chi connectivity index (χ0) is 13.1. The Morgan fingerprint density at radius 3 is 2.56 bits per heavy atom. The summed E-state index contributed by atoms with van der Waals surface area (Å²) in [5.41, 5.74) is 5.25. The molecular weight excluding hydrogens is 295 g/mol. The molecule has 2 rings (SSSR count). The van der Waals surface area contributed by atoms with E-state index in [1.54, 1.807) is 12.1 Å². The number of halogens is 2. The standard InChI is InChI=1S/C14H14BrFN2/c1-9-4-2-3-5-11(9)14(18-17)12-8-10(15)6-7-13(12)16/h2-8,14,18H,17H2,1H3. The van der Waals surface area contributed by atoms with Crippen LogP contribution in [0, 0.1) is 12.7 Å². The minimum atomic E-state index is -0.358. The maximum absolute atomic E-state index is 13.9. The fraction of sp³-hybridized carbons (Fsp3) is 0.143. The van der Waals surface area contributed by atoms with E-state index in [0.29, 0.717) is 5.56 Å². The first kappa shape index (κ1) is 13.2. The van der Waals surface area contributed by atoms with Crippen molar-refractivity contribution in [2.24, 2.45) is 5.84 Å². The lowest BCUT2D eigenvalue weighted by atomic mass is 9.95. The van der Waals surface area contributed by atoms with Gasteiger partial charge in [0, 0.05) is 10.0 Å². The molecule has 0 aliphatic carbocycles. The molecule has 1 unspecified atom stereocenters.